The monoisotopic (exact) mass is 308 g/mol. The van der Waals surface area contributed by atoms with Crippen LogP contribution in [0.4, 0.5) is 5.69 Å². The number of hydrogen-bond donors (Lipinski definition) is 0. The first-order valence-electron chi connectivity index (χ1n) is 3.29. The van der Waals surface area contributed by atoms with E-state index in [0.717, 1.165) is 5.56 Å². The van der Waals surface area contributed by atoms with Crippen LogP contribution < -0.4 is 0 Å². The number of benzene rings is 1. The van der Waals surface area contributed by atoms with E-state index >= 15 is 0 Å². The van der Waals surface area contributed by atoms with E-state index in [1.165, 1.54) is 21.3 Å². The van der Waals surface area contributed by atoms with Gasteiger partial charge in [0.1, 0.15) is 0 Å². The molecule has 4 nitrogen and oxygen atoms in total. The van der Waals surface area contributed by atoms with Crippen LogP contribution in [0.5, 0.6) is 0 Å². The van der Waals surface area contributed by atoms with Crippen LogP contribution in [0.2, 0.25) is 0 Å². The van der Waals surface area contributed by atoms with Crippen molar-refractivity contribution in [3.05, 3.63) is 39.9 Å². The maximum Gasteiger partial charge on any atom is 0.269 e. The minimum Gasteiger partial charge on any atom is -0.258 e. The summed E-state index contributed by atoms with van der Waals surface area (Å²) < 4.78 is 3.93. The minimum absolute atomic E-state index is 0.0966. The molecular weight excluding hydrogens is 303 g/mol. The summed E-state index contributed by atoms with van der Waals surface area (Å²) in [5.41, 5.74) is 0.953. The highest BCUT2D eigenvalue weighted by molar-refractivity contribution is 14.2. The van der Waals surface area contributed by atoms with Crippen LogP contribution in [0.1, 0.15) is 5.56 Å². The smallest absolute Gasteiger partial charge is 0.258 e. The molecule has 13 heavy (non-hydrogen) atoms. The van der Waals surface area contributed by atoms with Crippen molar-refractivity contribution in [2.24, 2.45) is 4.40 Å². The number of nitrogens with zero attached hydrogens (tertiary/aromatic N) is 2. The van der Waals surface area contributed by atoms with E-state index in [2.05, 4.69) is 4.40 Å². The van der Waals surface area contributed by atoms with Gasteiger partial charge in [-0.25, -0.2) is 4.40 Å². The maximum atomic E-state index is 10.3. The van der Waals surface area contributed by atoms with Crippen molar-refractivity contribution in [1.82, 2.24) is 0 Å². The van der Waals surface area contributed by atoms with Gasteiger partial charge in [-0.1, -0.05) is 0 Å². The normalized spacial score (nSPS) is 10.5. The predicted octanol–water partition coefficient (Wildman–Crippen LogP) is 3.01. The summed E-state index contributed by atoms with van der Waals surface area (Å²) in [6, 6.07) is 6.24. The van der Waals surface area contributed by atoms with Gasteiger partial charge in [-0.3, -0.25) is 10.1 Å². The Balaban J connectivity index is 2.81. The Labute approximate surface area is 91.3 Å². The maximum absolute atomic E-state index is 10.3. The SMILES string of the molecule is O=[N+]([O-])c1ccc(/C=N/SI)cc1. The summed E-state index contributed by atoms with van der Waals surface area (Å²) in [5.74, 6) is 0. The molecule has 1 aromatic rings. The van der Waals surface area contributed by atoms with Crippen LogP contribution in [-0.2, 0) is 0 Å². The molecule has 0 saturated carbocycles. The van der Waals surface area contributed by atoms with Crippen LogP contribution in [0.15, 0.2) is 28.7 Å². The Morgan fingerprint density at radius 2 is 2.08 bits per heavy atom. The van der Waals surface area contributed by atoms with Crippen LogP contribution in [0.25, 0.3) is 0 Å². The van der Waals surface area contributed by atoms with Gasteiger partial charge in [-0.05, 0) is 17.7 Å². The minimum atomic E-state index is -0.423. The Bertz CT molecular complexity index is 326. The molecule has 0 saturated heterocycles. The zero-order chi connectivity index (χ0) is 9.68. The third kappa shape index (κ3) is 3.31. The Kier molecular flexibility index (Phi) is 4.16. The van der Waals surface area contributed by atoms with E-state index in [-0.39, 0.29) is 5.69 Å². The molecular formula is C7H5IN2O2S. The number of nitro benzene ring substituents is 1. The van der Waals surface area contributed by atoms with Crippen molar-refractivity contribution < 1.29 is 4.92 Å². The first kappa shape index (κ1) is 10.5. The number of halogens is 1. The van der Waals surface area contributed by atoms with Gasteiger partial charge in [0.05, 0.1) is 4.92 Å². The van der Waals surface area contributed by atoms with Crippen LogP contribution >= 0.6 is 30.3 Å². The first-order chi connectivity index (χ1) is 6.24. The zero-order valence-corrected chi connectivity index (χ0v) is 9.36. The standard InChI is InChI=1S/C7H5IN2O2S/c8-13-9-5-6-1-3-7(4-2-6)10(11)12/h1-5H/b9-5+. The lowest BCUT2D eigenvalue weighted by Gasteiger charge is -1.91. The molecule has 0 N–H and O–H groups in total. The molecule has 0 bridgehead atoms. The van der Waals surface area contributed by atoms with Gasteiger partial charge in [0.15, 0.2) is 0 Å². The second-order valence-corrected chi connectivity index (χ2v) is 3.68. The van der Waals surface area contributed by atoms with E-state index in [1.54, 1.807) is 18.3 Å². The molecule has 0 aliphatic heterocycles. The molecule has 0 aliphatic carbocycles. The summed E-state index contributed by atoms with van der Waals surface area (Å²) in [4.78, 5) is 9.87. The van der Waals surface area contributed by atoms with Gasteiger partial charge in [0.25, 0.3) is 5.69 Å². The fourth-order valence-corrected chi connectivity index (χ4v) is 1.27. The van der Waals surface area contributed by atoms with Gasteiger partial charge in [0.2, 0.25) is 0 Å². The Hall–Kier alpha value is -0.630. The lowest BCUT2D eigenvalue weighted by atomic mass is 10.2. The summed E-state index contributed by atoms with van der Waals surface area (Å²) in [6.45, 7) is 0. The quantitative estimate of drug-likeness (QED) is 0.283. The second kappa shape index (κ2) is 5.18. The zero-order valence-electron chi connectivity index (χ0n) is 6.38. The fourth-order valence-electron chi connectivity index (χ4n) is 0.763. The third-order valence-corrected chi connectivity index (χ3v) is 2.21. The van der Waals surface area contributed by atoms with Crippen molar-refractivity contribution in [2.75, 3.05) is 0 Å². The van der Waals surface area contributed by atoms with E-state index in [9.17, 15) is 10.1 Å². The molecule has 68 valence electrons. The number of non-ortho nitro benzene ring substituents is 1. The molecule has 0 unspecified atom stereocenters. The predicted molar refractivity (Wildman–Crippen MR) is 62.3 cm³/mol. The largest absolute Gasteiger partial charge is 0.269 e. The molecule has 1 aromatic carbocycles. The van der Waals surface area contributed by atoms with Gasteiger partial charge in [-0.2, -0.15) is 0 Å². The first-order valence-corrected chi connectivity index (χ1v) is 6.61. The van der Waals surface area contributed by atoms with Gasteiger partial charge < -0.3 is 0 Å². The van der Waals surface area contributed by atoms with Crippen molar-refractivity contribution in [3.63, 3.8) is 0 Å². The Morgan fingerprint density at radius 3 is 2.54 bits per heavy atom. The van der Waals surface area contributed by atoms with E-state index in [4.69, 9.17) is 0 Å². The van der Waals surface area contributed by atoms with Crippen LogP contribution in [0, 0.1) is 10.1 Å². The molecule has 0 heterocycles. The number of nitro groups is 1. The molecule has 1 rings (SSSR count). The fraction of sp³-hybridized carbons (Fsp3) is 0. The average Bonchev–Trinajstić information content (AvgIpc) is 2.15. The molecule has 0 atom stereocenters. The van der Waals surface area contributed by atoms with Crippen LogP contribution in [0.3, 0.4) is 0 Å². The lowest BCUT2D eigenvalue weighted by Crippen LogP contribution is -1.87. The molecule has 0 aromatic heterocycles. The molecule has 6 heteroatoms. The van der Waals surface area contributed by atoms with Gasteiger partial charge >= 0.3 is 0 Å². The van der Waals surface area contributed by atoms with Crippen molar-refractivity contribution in [2.45, 2.75) is 0 Å². The van der Waals surface area contributed by atoms with E-state index in [0.29, 0.717) is 0 Å². The summed E-state index contributed by atoms with van der Waals surface area (Å²) >= 11 is 2.04. The molecule has 0 spiro atoms. The third-order valence-electron chi connectivity index (χ3n) is 1.35. The average molecular weight is 308 g/mol. The van der Waals surface area contributed by atoms with E-state index < -0.39 is 4.92 Å². The van der Waals surface area contributed by atoms with Crippen molar-refractivity contribution in [3.8, 4) is 0 Å². The summed E-state index contributed by atoms with van der Waals surface area (Å²) in [5, 5.41) is 10.3. The van der Waals surface area contributed by atoms with Gasteiger partial charge in [-0.15, -0.1) is 0 Å². The number of rotatable bonds is 3. The van der Waals surface area contributed by atoms with Crippen LogP contribution in [-0.4, -0.2) is 11.1 Å². The summed E-state index contributed by atoms with van der Waals surface area (Å²) in [6.07, 6.45) is 1.65. The molecule has 0 fully saturated rings. The highest BCUT2D eigenvalue weighted by atomic mass is 127. The highest BCUT2D eigenvalue weighted by Gasteiger charge is 2.01. The molecule has 0 radical (unpaired) electrons. The summed E-state index contributed by atoms with van der Waals surface area (Å²) in [7, 11) is 1.31. The van der Waals surface area contributed by atoms with Crippen molar-refractivity contribution >= 4 is 42.2 Å². The van der Waals surface area contributed by atoms with Crippen molar-refractivity contribution in [1.29, 1.82) is 0 Å². The lowest BCUT2D eigenvalue weighted by molar-refractivity contribution is -0.384. The second-order valence-electron chi connectivity index (χ2n) is 2.15. The molecule has 0 amide bonds. The van der Waals surface area contributed by atoms with Gasteiger partial charge in [0, 0.05) is 48.7 Å². The topological polar surface area (TPSA) is 55.5 Å². The van der Waals surface area contributed by atoms with E-state index in [1.807, 2.05) is 21.2 Å². The molecule has 0 aliphatic rings. The Morgan fingerprint density at radius 1 is 1.46 bits per heavy atom. The highest BCUT2D eigenvalue weighted by Crippen LogP contribution is 2.14. The number of hydrogen-bond acceptors (Lipinski definition) is 4.